The lowest BCUT2D eigenvalue weighted by atomic mass is 9.91. The van der Waals surface area contributed by atoms with E-state index in [4.69, 9.17) is 11.1 Å². The van der Waals surface area contributed by atoms with Gasteiger partial charge in [-0.05, 0) is 26.8 Å². The normalized spacial score (nSPS) is 21.4. The van der Waals surface area contributed by atoms with Gasteiger partial charge in [-0.15, -0.1) is 0 Å². The average Bonchev–Trinajstić information content (AvgIpc) is 1.82. The highest BCUT2D eigenvalue weighted by molar-refractivity contribution is 5.82. The lowest BCUT2D eigenvalue weighted by molar-refractivity contribution is 0.145. The van der Waals surface area contributed by atoms with Crippen molar-refractivity contribution in [2.24, 2.45) is 5.73 Å². The third-order valence-electron chi connectivity index (χ3n) is 2.71. The molecule has 0 saturated heterocycles. The van der Waals surface area contributed by atoms with E-state index < -0.39 is 0 Å². The summed E-state index contributed by atoms with van der Waals surface area (Å²) in [6, 6.07) is 0.786. The summed E-state index contributed by atoms with van der Waals surface area (Å²) >= 11 is 0. The molecule has 3 N–H and O–H groups in total. The Morgan fingerprint density at radius 1 is 1.64 bits per heavy atom. The minimum absolute atomic E-state index is 0.111. The van der Waals surface area contributed by atoms with Crippen LogP contribution in [0, 0.1) is 5.41 Å². The van der Waals surface area contributed by atoms with E-state index in [9.17, 15) is 0 Å². The lowest BCUT2D eigenvalue weighted by Crippen LogP contribution is -2.48. The molecule has 0 aromatic carbocycles. The molecule has 64 valence electrons. The molecule has 11 heavy (non-hydrogen) atoms. The number of nitrogens with two attached hydrogens (primary N) is 1. The Morgan fingerprint density at radius 2 is 2.18 bits per heavy atom. The largest absolute Gasteiger partial charge is 0.386 e. The Hall–Kier alpha value is -0.570. The molecule has 1 fully saturated rings. The van der Waals surface area contributed by atoms with Gasteiger partial charge in [-0.25, -0.2) is 0 Å². The second-order valence-electron chi connectivity index (χ2n) is 3.38. The highest BCUT2D eigenvalue weighted by Gasteiger charge is 2.26. The monoisotopic (exact) mass is 155 g/mol. The van der Waals surface area contributed by atoms with E-state index in [1.165, 1.54) is 19.3 Å². The van der Waals surface area contributed by atoms with Gasteiger partial charge >= 0.3 is 0 Å². The van der Waals surface area contributed by atoms with Gasteiger partial charge in [0.05, 0.1) is 6.04 Å². The number of rotatable bonds is 3. The van der Waals surface area contributed by atoms with Gasteiger partial charge in [-0.3, -0.25) is 10.3 Å². The number of nitrogens with one attached hydrogen (secondary N) is 1. The fourth-order valence-electron chi connectivity index (χ4n) is 1.33. The molecule has 0 bridgehead atoms. The summed E-state index contributed by atoms with van der Waals surface area (Å²) in [5.41, 5.74) is 5.40. The Balaban J connectivity index is 2.38. The van der Waals surface area contributed by atoms with Crippen LogP contribution in [0.4, 0.5) is 0 Å². The molecule has 0 spiro atoms. The van der Waals surface area contributed by atoms with Crippen LogP contribution in [0.5, 0.6) is 0 Å². The van der Waals surface area contributed by atoms with Crippen molar-refractivity contribution in [2.75, 3.05) is 7.05 Å². The van der Waals surface area contributed by atoms with Crippen molar-refractivity contribution >= 4 is 5.84 Å². The third kappa shape index (κ3) is 1.71. The van der Waals surface area contributed by atoms with Crippen LogP contribution >= 0.6 is 0 Å². The van der Waals surface area contributed by atoms with Gasteiger partial charge in [0.1, 0.15) is 5.84 Å². The van der Waals surface area contributed by atoms with Gasteiger partial charge in [0.15, 0.2) is 0 Å². The molecule has 3 nitrogen and oxygen atoms in total. The van der Waals surface area contributed by atoms with Gasteiger partial charge in [-0.1, -0.05) is 6.42 Å². The summed E-state index contributed by atoms with van der Waals surface area (Å²) in [5, 5.41) is 7.26. The standard InChI is InChI=1S/C8H17N3/c1-6(8(9)10)11(2)7-4-3-5-7/h6-7H,3-5H2,1-2H3,(H3,9,10). The van der Waals surface area contributed by atoms with Crippen LogP contribution in [0.1, 0.15) is 26.2 Å². The first-order valence-electron chi connectivity index (χ1n) is 4.18. The van der Waals surface area contributed by atoms with E-state index in [1.807, 2.05) is 6.92 Å². The van der Waals surface area contributed by atoms with Crippen LogP contribution in [-0.2, 0) is 0 Å². The number of likely N-dealkylation sites (N-methyl/N-ethyl adjacent to an activating group) is 1. The highest BCUT2D eigenvalue weighted by atomic mass is 15.2. The maximum atomic E-state index is 7.26. The minimum atomic E-state index is 0.111. The summed E-state index contributed by atoms with van der Waals surface area (Å²) in [5.74, 6) is 0.277. The first-order valence-corrected chi connectivity index (χ1v) is 4.18. The molecular weight excluding hydrogens is 138 g/mol. The third-order valence-corrected chi connectivity index (χ3v) is 2.71. The molecule has 1 unspecified atom stereocenters. The van der Waals surface area contributed by atoms with Gasteiger partial charge in [-0.2, -0.15) is 0 Å². The van der Waals surface area contributed by atoms with Crippen molar-refractivity contribution in [3.63, 3.8) is 0 Å². The van der Waals surface area contributed by atoms with Crippen LogP contribution in [0.15, 0.2) is 0 Å². The number of nitrogens with zero attached hydrogens (tertiary/aromatic N) is 1. The van der Waals surface area contributed by atoms with E-state index in [0.29, 0.717) is 6.04 Å². The molecule has 1 aliphatic carbocycles. The van der Waals surface area contributed by atoms with Crippen molar-refractivity contribution in [3.05, 3.63) is 0 Å². The molecule has 0 aliphatic heterocycles. The average molecular weight is 155 g/mol. The van der Waals surface area contributed by atoms with E-state index in [-0.39, 0.29) is 11.9 Å². The van der Waals surface area contributed by atoms with Crippen molar-refractivity contribution < 1.29 is 0 Å². The highest BCUT2D eigenvalue weighted by Crippen LogP contribution is 2.24. The van der Waals surface area contributed by atoms with Crippen molar-refractivity contribution in [3.8, 4) is 0 Å². The zero-order chi connectivity index (χ0) is 8.43. The van der Waals surface area contributed by atoms with Crippen LogP contribution in [0.3, 0.4) is 0 Å². The lowest BCUT2D eigenvalue weighted by Gasteiger charge is -2.38. The van der Waals surface area contributed by atoms with Crippen molar-refractivity contribution in [1.82, 2.24) is 4.90 Å². The molecule has 1 saturated carbocycles. The van der Waals surface area contributed by atoms with Gasteiger partial charge in [0.2, 0.25) is 0 Å². The molecule has 0 radical (unpaired) electrons. The Labute approximate surface area is 68.1 Å². The molecule has 0 aromatic heterocycles. The first-order chi connectivity index (χ1) is 5.13. The Kier molecular flexibility index (Phi) is 2.49. The summed E-state index contributed by atoms with van der Waals surface area (Å²) in [6.45, 7) is 1.99. The van der Waals surface area contributed by atoms with Crippen molar-refractivity contribution in [2.45, 2.75) is 38.3 Å². The van der Waals surface area contributed by atoms with Crippen LogP contribution in [0.25, 0.3) is 0 Å². The molecule has 0 aromatic rings. The minimum Gasteiger partial charge on any atom is -0.386 e. The quantitative estimate of drug-likeness (QED) is 0.468. The maximum Gasteiger partial charge on any atom is 0.108 e. The van der Waals surface area contributed by atoms with Gasteiger partial charge < -0.3 is 5.73 Å². The predicted octanol–water partition coefficient (Wildman–Crippen LogP) is 0.795. The number of amidine groups is 1. The molecular formula is C8H17N3. The number of hydrogen-bond donors (Lipinski definition) is 2. The zero-order valence-corrected chi connectivity index (χ0v) is 7.30. The van der Waals surface area contributed by atoms with Crippen LogP contribution < -0.4 is 5.73 Å². The van der Waals surface area contributed by atoms with Crippen LogP contribution in [-0.4, -0.2) is 29.9 Å². The Morgan fingerprint density at radius 3 is 2.45 bits per heavy atom. The summed E-state index contributed by atoms with van der Waals surface area (Å²) < 4.78 is 0. The van der Waals surface area contributed by atoms with Crippen molar-refractivity contribution in [1.29, 1.82) is 5.41 Å². The smallest absolute Gasteiger partial charge is 0.108 e. The summed E-state index contributed by atoms with van der Waals surface area (Å²) in [4.78, 5) is 2.20. The predicted molar refractivity (Wildman–Crippen MR) is 46.8 cm³/mol. The molecule has 0 heterocycles. The van der Waals surface area contributed by atoms with Crippen LogP contribution in [0.2, 0.25) is 0 Å². The van der Waals surface area contributed by atoms with E-state index >= 15 is 0 Å². The SMILES string of the molecule is CC(C(=N)N)N(C)C1CCC1. The molecule has 1 rings (SSSR count). The second kappa shape index (κ2) is 3.22. The van der Waals surface area contributed by atoms with Gasteiger partial charge in [0.25, 0.3) is 0 Å². The molecule has 0 amide bonds. The summed E-state index contributed by atoms with van der Waals surface area (Å²) in [6.07, 6.45) is 3.88. The molecule has 1 atom stereocenters. The first kappa shape index (κ1) is 8.53. The fourth-order valence-corrected chi connectivity index (χ4v) is 1.33. The van der Waals surface area contributed by atoms with Gasteiger partial charge in [0, 0.05) is 6.04 Å². The zero-order valence-electron chi connectivity index (χ0n) is 7.30. The molecule has 3 heteroatoms. The second-order valence-corrected chi connectivity index (χ2v) is 3.38. The van der Waals surface area contributed by atoms with E-state index in [1.54, 1.807) is 0 Å². The number of hydrogen-bond acceptors (Lipinski definition) is 2. The van der Waals surface area contributed by atoms with E-state index in [0.717, 1.165) is 0 Å². The maximum absolute atomic E-state index is 7.26. The summed E-state index contributed by atoms with van der Waals surface area (Å²) in [7, 11) is 2.05. The topological polar surface area (TPSA) is 53.1 Å². The fraction of sp³-hybridized carbons (Fsp3) is 0.875. The molecule has 1 aliphatic rings. The Bertz CT molecular complexity index is 151. The van der Waals surface area contributed by atoms with E-state index in [2.05, 4.69) is 11.9 Å².